The van der Waals surface area contributed by atoms with Crippen molar-refractivity contribution in [3.05, 3.63) is 78.4 Å². The molecule has 4 aromatic carbocycles. The third-order valence-electron chi connectivity index (χ3n) is 5.09. The van der Waals surface area contributed by atoms with Crippen LogP contribution in [0.1, 0.15) is 5.56 Å². The zero-order valence-corrected chi connectivity index (χ0v) is 26.1. The van der Waals surface area contributed by atoms with Crippen LogP contribution in [0, 0.1) is 0 Å². The van der Waals surface area contributed by atoms with Gasteiger partial charge in [0.2, 0.25) is 0 Å². The summed E-state index contributed by atoms with van der Waals surface area (Å²) in [5.41, 5.74) is 5.51. The van der Waals surface area contributed by atoms with Gasteiger partial charge >= 0.3 is 59.1 Å². The summed E-state index contributed by atoms with van der Waals surface area (Å²) in [4.78, 5) is 2.50. The molecule has 39 heavy (non-hydrogen) atoms. The first kappa shape index (κ1) is 32.8. The standard InChI is InChI=1S/C23H18N4O8S2.2Na/c24-17-8-6-14-10-16(36(30,31)32)12-19(28)21(14)22(17)27-26-18-9-7-15(11-20(18)37(33,34)35)25-23(29)13-4-2-1-3-5-13;;/h1-12,28H,24H2,(H,25,29)(H,30,31,32)(H,33,34,35);;/q;2*+1/p-2. The zero-order valence-electron chi connectivity index (χ0n) is 20.5. The number of fused-ring (bicyclic) bond motifs is 1. The first-order chi connectivity index (χ1) is 17.3. The van der Waals surface area contributed by atoms with E-state index in [-0.39, 0.29) is 98.2 Å². The van der Waals surface area contributed by atoms with E-state index >= 15 is 0 Å². The quantitative estimate of drug-likeness (QED) is 0.0518. The zero-order chi connectivity index (χ0) is 27.0. The molecule has 16 heteroatoms. The number of azo groups is 1. The van der Waals surface area contributed by atoms with Crippen LogP contribution in [0.15, 0.2) is 97.8 Å². The molecule has 0 aliphatic heterocycles. The fraction of sp³-hybridized carbons (Fsp3) is 0. The molecule has 4 N–H and O–H groups in total. The predicted molar refractivity (Wildman–Crippen MR) is 131 cm³/mol. The monoisotopic (exact) mass is 586 g/mol. The van der Waals surface area contributed by atoms with Crippen LogP contribution in [0.4, 0.5) is 22.7 Å². The minimum absolute atomic E-state index is 0. The molecule has 190 valence electrons. The summed E-state index contributed by atoms with van der Waals surface area (Å²) in [5.74, 6) is -1.48. The number of nitrogen functional groups attached to an aromatic ring is 1. The van der Waals surface area contributed by atoms with Gasteiger partial charge in [0.1, 0.15) is 16.3 Å². The second-order valence-corrected chi connectivity index (χ2v) is 10.4. The van der Waals surface area contributed by atoms with Crippen molar-refractivity contribution in [2.75, 3.05) is 5.73 Å². The van der Waals surface area contributed by atoms with Gasteiger partial charge in [0.25, 0.3) is 20.2 Å². The number of hydrogen-bond donors (Lipinski definition) is 3. The molecule has 0 radical (unpaired) electrons. The average Bonchev–Trinajstić information content (AvgIpc) is 2.83. The molecule has 0 heterocycles. The number of benzene rings is 4. The molecule has 0 atom stereocenters. The van der Waals surface area contributed by atoms with Crippen molar-refractivity contribution in [1.82, 2.24) is 0 Å². The Balaban J connectivity index is 0.00000267. The molecule has 0 aromatic heterocycles. The van der Waals surface area contributed by atoms with Crippen LogP contribution >= 0.6 is 0 Å². The van der Waals surface area contributed by atoms with E-state index in [1.807, 2.05) is 0 Å². The summed E-state index contributed by atoms with van der Waals surface area (Å²) in [7, 11) is -9.52. The minimum atomic E-state index is -4.86. The van der Waals surface area contributed by atoms with Gasteiger partial charge in [0.15, 0.2) is 0 Å². The normalized spacial score (nSPS) is 12.2. The molecule has 0 aliphatic rings. The van der Waals surface area contributed by atoms with E-state index in [1.54, 1.807) is 18.2 Å². The van der Waals surface area contributed by atoms with Crippen molar-refractivity contribution in [2.45, 2.75) is 9.79 Å². The molecule has 0 saturated carbocycles. The second-order valence-electron chi connectivity index (χ2n) is 7.61. The third-order valence-corrected chi connectivity index (χ3v) is 6.80. The summed E-state index contributed by atoms with van der Waals surface area (Å²) in [6, 6.07) is 15.7. The molecule has 4 rings (SSSR count). The van der Waals surface area contributed by atoms with Gasteiger partial charge in [-0.1, -0.05) is 42.1 Å². The Hall–Kier alpha value is -2.37. The summed E-state index contributed by atoms with van der Waals surface area (Å²) in [6.45, 7) is 0. The number of aliphatic imine (C=N–C) groups is 1. The Kier molecular flexibility index (Phi) is 10.8. The maximum absolute atomic E-state index is 12.6. The first-order valence-corrected chi connectivity index (χ1v) is 13.1. The molecule has 0 fully saturated rings. The number of nitrogens with zero attached hydrogens (tertiary/aromatic N) is 3. The molecule has 0 aliphatic carbocycles. The Morgan fingerprint density at radius 1 is 0.821 bits per heavy atom. The Morgan fingerprint density at radius 3 is 2.10 bits per heavy atom. The van der Waals surface area contributed by atoms with E-state index in [9.17, 15) is 36.2 Å². The fourth-order valence-electron chi connectivity index (χ4n) is 3.38. The van der Waals surface area contributed by atoms with Gasteiger partial charge < -0.3 is 15.9 Å². The van der Waals surface area contributed by atoms with E-state index in [0.29, 0.717) is 6.07 Å². The van der Waals surface area contributed by atoms with E-state index < -0.39 is 41.7 Å². The summed E-state index contributed by atoms with van der Waals surface area (Å²) >= 11 is 0. The maximum Gasteiger partial charge on any atom is 1.00 e. The Bertz CT molecular complexity index is 1820. The second kappa shape index (κ2) is 12.9. The van der Waals surface area contributed by atoms with Crippen LogP contribution in [0.2, 0.25) is 0 Å². The summed E-state index contributed by atoms with van der Waals surface area (Å²) in [6.07, 6.45) is 0. The van der Waals surface area contributed by atoms with Crippen LogP contribution in [0.3, 0.4) is 0 Å². The molecule has 12 nitrogen and oxygen atoms in total. The van der Waals surface area contributed by atoms with Gasteiger partial charge in [0, 0.05) is 5.39 Å². The number of rotatable bonds is 6. The van der Waals surface area contributed by atoms with Gasteiger partial charge in [-0.25, -0.2) is 0 Å². The first-order valence-electron chi connectivity index (χ1n) is 10.2. The van der Waals surface area contributed by atoms with Gasteiger partial charge in [-0.05, 0) is 53.2 Å². The molecule has 0 spiro atoms. The van der Waals surface area contributed by atoms with Crippen molar-refractivity contribution in [3.8, 4) is 5.75 Å². The minimum Gasteiger partial charge on any atom is -0.872 e. The fourth-order valence-corrected chi connectivity index (χ4v) is 4.56. The molecule has 0 saturated heterocycles. The van der Waals surface area contributed by atoms with Gasteiger partial charge in [-0.3, -0.25) is 14.1 Å². The number of anilines is 1. The Labute approximate surface area is 267 Å². The number of hydrogen-bond acceptors (Lipinski definition) is 10. The van der Waals surface area contributed by atoms with Gasteiger partial charge in [-0.15, -0.1) is 10.2 Å². The molecular weight excluding hydrogens is 570 g/mol. The van der Waals surface area contributed by atoms with Crippen molar-refractivity contribution in [3.63, 3.8) is 0 Å². The Morgan fingerprint density at radius 2 is 1.49 bits per heavy atom. The van der Waals surface area contributed by atoms with Crippen LogP contribution in [0.5, 0.6) is 5.75 Å². The SMILES string of the molecule is Nc1ccc2cc(S(=O)(=O)O)cc([O-])c2c1N=Nc1ccc(N=C([O-])c2ccccc2)cc1S(=O)(=O)O.[Na+].[Na+]. The van der Waals surface area contributed by atoms with E-state index in [0.717, 1.165) is 18.2 Å². The predicted octanol–water partition coefficient (Wildman–Crippen LogP) is -3.15. The summed E-state index contributed by atoms with van der Waals surface area (Å²) in [5, 5.41) is 32.6. The van der Waals surface area contributed by atoms with Gasteiger partial charge in [0.05, 0.1) is 16.3 Å². The summed E-state index contributed by atoms with van der Waals surface area (Å²) < 4.78 is 65.9. The largest absolute Gasteiger partial charge is 1.00 e. The van der Waals surface area contributed by atoms with E-state index in [1.165, 1.54) is 30.3 Å². The van der Waals surface area contributed by atoms with Crippen LogP contribution < -0.4 is 75.1 Å². The molecule has 0 amide bonds. The van der Waals surface area contributed by atoms with E-state index in [2.05, 4.69) is 15.2 Å². The molecule has 4 aromatic rings. The number of nitrogens with two attached hydrogens (primary N) is 1. The van der Waals surface area contributed by atoms with Crippen molar-refractivity contribution >= 4 is 59.7 Å². The maximum atomic E-state index is 12.6. The van der Waals surface area contributed by atoms with Crippen molar-refractivity contribution in [2.24, 2.45) is 15.2 Å². The van der Waals surface area contributed by atoms with Crippen molar-refractivity contribution in [1.29, 1.82) is 0 Å². The topological polar surface area (TPSA) is 218 Å². The van der Waals surface area contributed by atoms with Gasteiger partial charge in [-0.2, -0.15) is 16.8 Å². The van der Waals surface area contributed by atoms with E-state index in [4.69, 9.17) is 5.73 Å². The average molecular weight is 587 g/mol. The van der Waals surface area contributed by atoms with Crippen LogP contribution in [-0.4, -0.2) is 31.8 Å². The van der Waals surface area contributed by atoms with Crippen LogP contribution in [-0.2, 0) is 20.2 Å². The van der Waals surface area contributed by atoms with Crippen LogP contribution in [0.25, 0.3) is 10.8 Å². The molecular formula is C23H16N4Na2O8S2. The third kappa shape index (κ3) is 7.64. The molecule has 0 unspecified atom stereocenters. The van der Waals surface area contributed by atoms with Crippen molar-refractivity contribution < 1.29 is 95.3 Å². The molecule has 0 bridgehead atoms. The smallest absolute Gasteiger partial charge is 0.872 e.